The molecular formula is C16H26N2O4S. The maximum Gasteiger partial charge on any atom is 0.317 e. The highest BCUT2D eigenvalue weighted by atomic mass is 32.2. The van der Waals surface area contributed by atoms with Gasteiger partial charge in [-0.05, 0) is 38.3 Å². The standard InChI is InChI=1S/C16H26N2O4S/c1-12-10-18(8-9-23(20,21)11-12)16(19)17-13(2)4-6-15-7-5-14(3)22-15/h5,7,12-13H,4,6,8-11H2,1-3H3,(H,17,19)/t12-,13-/m1/s1. The van der Waals surface area contributed by atoms with Gasteiger partial charge < -0.3 is 14.6 Å². The lowest BCUT2D eigenvalue weighted by atomic mass is 10.1. The summed E-state index contributed by atoms with van der Waals surface area (Å²) in [6.45, 7) is 6.47. The van der Waals surface area contributed by atoms with Crippen LogP contribution >= 0.6 is 0 Å². The van der Waals surface area contributed by atoms with Gasteiger partial charge in [0.2, 0.25) is 0 Å². The average molecular weight is 342 g/mol. The monoisotopic (exact) mass is 342 g/mol. The first-order chi connectivity index (χ1) is 10.7. The molecule has 0 spiro atoms. The molecule has 1 fully saturated rings. The normalized spacial score (nSPS) is 22.4. The molecule has 2 amide bonds. The Morgan fingerprint density at radius 1 is 1.48 bits per heavy atom. The van der Waals surface area contributed by atoms with Crippen LogP contribution in [0, 0.1) is 12.8 Å². The van der Waals surface area contributed by atoms with E-state index in [-0.39, 0.29) is 36.0 Å². The van der Waals surface area contributed by atoms with Gasteiger partial charge in [-0.15, -0.1) is 0 Å². The Morgan fingerprint density at radius 2 is 2.22 bits per heavy atom. The summed E-state index contributed by atoms with van der Waals surface area (Å²) in [4.78, 5) is 13.9. The van der Waals surface area contributed by atoms with E-state index in [1.54, 1.807) is 4.90 Å². The van der Waals surface area contributed by atoms with E-state index in [4.69, 9.17) is 4.42 Å². The number of rotatable bonds is 4. The van der Waals surface area contributed by atoms with Crippen molar-refractivity contribution in [2.24, 2.45) is 5.92 Å². The Labute approximate surface area is 138 Å². The summed E-state index contributed by atoms with van der Waals surface area (Å²) in [7, 11) is -3.04. The van der Waals surface area contributed by atoms with Crippen molar-refractivity contribution in [1.29, 1.82) is 0 Å². The second-order valence-electron chi connectivity index (χ2n) is 6.57. The molecule has 6 nitrogen and oxygen atoms in total. The Balaban J connectivity index is 1.83. The quantitative estimate of drug-likeness (QED) is 0.907. The van der Waals surface area contributed by atoms with Crippen LogP contribution in [0.5, 0.6) is 0 Å². The van der Waals surface area contributed by atoms with Crippen molar-refractivity contribution < 1.29 is 17.6 Å². The summed E-state index contributed by atoms with van der Waals surface area (Å²) in [5, 5.41) is 2.95. The summed E-state index contributed by atoms with van der Waals surface area (Å²) in [5.74, 6) is 1.97. The molecule has 0 unspecified atom stereocenters. The van der Waals surface area contributed by atoms with E-state index in [9.17, 15) is 13.2 Å². The van der Waals surface area contributed by atoms with E-state index >= 15 is 0 Å². The predicted octanol–water partition coefficient (Wildman–Crippen LogP) is 1.99. The first kappa shape index (κ1) is 17.8. The molecule has 0 bridgehead atoms. The Hall–Kier alpha value is -1.50. The van der Waals surface area contributed by atoms with Crippen LogP contribution in [0.1, 0.15) is 31.8 Å². The summed E-state index contributed by atoms with van der Waals surface area (Å²) in [6.07, 6.45) is 1.54. The van der Waals surface area contributed by atoms with Crippen molar-refractivity contribution >= 4 is 15.9 Å². The number of aryl methyl sites for hydroxylation is 2. The molecule has 23 heavy (non-hydrogen) atoms. The Kier molecular flexibility index (Phi) is 5.73. The van der Waals surface area contributed by atoms with E-state index in [0.29, 0.717) is 6.54 Å². The molecule has 0 radical (unpaired) electrons. The molecule has 2 rings (SSSR count). The third-order valence-electron chi connectivity index (χ3n) is 4.02. The zero-order valence-electron chi connectivity index (χ0n) is 14.0. The van der Waals surface area contributed by atoms with Crippen molar-refractivity contribution in [3.63, 3.8) is 0 Å². The smallest absolute Gasteiger partial charge is 0.317 e. The minimum atomic E-state index is -3.04. The summed E-state index contributed by atoms with van der Waals surface area (Å²) in [6, 6.07) is 3.70. The van der Waals surface area contributed by atoms with Crippen LogP contribution in [0.4, 0.5) is 4.79 Å². The van der Waals surface area contributed by atoms with Gasteiger partial charge in [0.15, 0.2) is 9.84 Å². The number of sulfone groups is 1. The topological polar surface area (TPSA) is 79.6 Å². The van der Waals surface area contributed by atoms with E-state index in [2.05, 4.69) is 5.32 Å². The third-order valence-corrected chi connectivity index (χ3v) is 5.90. The fourth-order valence-electron chi connectivity index (χ4n) is 2.82. The molecule has 130 valence electrons. The van der Waals surface area contributed by atoms with Crippen LogP contribution in [-0.4, -0.2) is 50.0 Å². The second-order valence-corrected chi connectivity index (χ2v) is 8.80. The molecule has 1 aromatic rings. The first-order valence-corrected chi connectivity index (χ1v) is 9.88. The molecular weight excluding hydrogens is 316 g/mol. The Morgan fingerprint density at radius 3 is 2.87 bits per heavy atom. The average Bonchev–Trinajstić information content (AvgIpc) is 2.79. The van der Waals surface area contributed by atoms with E-state index in [1.165, 1.54) is 0 Å². The maximum absolute atomic E-state index is 12.3. The zero-order valence-corrected chi connectivity index (χ0v) is 14.9. The molecule has 2 atom stereocenters. The fraction of sp³-hybridized carbons (Fsp3) is 0.688. The number of nitrogens with one attached hydrogen (secondary N) is 1. The van der Waals surface area contributed by atoms with Gasteiger partial charge in [0, 0.05) is 25.6 Å². The molecule has 0 saturated carbocycles. The van der Waals surface area contributed by atoms with Crippen LogP contribution in [0.25, 0.3) is 0 Å². The minimum Gasteiger partial charge on any atom is -0.466 e. The van der Waals surface area contributed by atoms with Gasteiger partial charge in [-0.3, -0.25) is 0 Å². The van der Waals surface area contributed by atoms with Crippen LogP contribution in [0.2, 0.25) is 0 Å². The van der Waals surface area contributed by atoms with Gasteiger partial charge in [0.1, 0.15) is 11.5 Å². The van der Waals surface area contributed by atoms with Crippen molar-refractivity contribution in [3.8, 4) is 0 Å². The molecule has 1 aromatic heterocycles. The number of hydrogen-bond acceptors (Lipinski definition) is 4. The van der Waals surface area contributed by atoms with Crippen LogP contribution in [0.3, 0.4) is 0 Å². The number of furan rings is 1. The van der Waals surface area contributed by atoms with E-state index in [0.717, 1.165) is 24.4 Å². The van der Waals surface area contributed by atoms with E-state index in [1.807, 2.05) is 32.9 Å². The van der Waals surface area contributed by atoms with Crippen molar-refractivity contribution in [3.05, 3.63) is 23.7 Å². The van der Waals surface area contributed by atoms with Crippen molar-refractivity contribution in [2.45, 2.75) is 39.7 Å². The van der Waals surface area contributed by atoms with E-state index < -0.39 is 9.84 Å². The number of urea groups is 1. The molecule has 1 saturated heterocycles. The Bertz CT molecular complexity index is 638. The molecule has 1 aliphatic rings. The van der Waals surface area contributed by atoms with Crippen molar-refractivity contribution in [2.75, 3.05) is 24.6 Å². The highest BCUT2D eigenvalue weighted by molar-refractivity contribution is 7.91. The zero-order chi connectivity index (χ0) is 17.0. The number of carbonyl (C=O) groups excluding carboxylic acids is 1. The first-order valence-electron chi connectivity index (χ1n) is 8.06. The van der Waals surface area contributed by atoms with Gasteiger partial charge >= 0.3 is 6.03 Å². The molecule has 0 aliphatic carbocycles. The minimum absolute atomic E-state index is 0.00284. The highest BCUT2D eigenvalue weighted by Crippen LogP contribution is 2.12. The number of carbonyl (C=O) groups is 1. The van der Waals surface area contributed by atoms with Crippen LogP contribution in [0.15, 0.2) is 16.5 Å². The molecule has 1 aliphatic heterocycles. The largest absolute Gasteiger partial charge is 0.466 e. The third kappa shape index (κ3) is 5.57. The summed E-state index contributed by atoms with van der Waals surface area (Å²) >= 11 is 0. The number of nitrogens with zero attached hydrogens (tertiary/aromatic N) is 1. The lowest BCUT2D eigenvalue weighted by molar-refractivity contribution is 0.192. The molecule has 1 N–H and O–H groups in total. The summed E-state index contributed by atoms with van der Waals surface area (Å²) in [5.41, 5.74) is 0. The van der Waals surface area contributed by atoms with Crippen LogP contribution in [-0.2, 0) is 16.3 Å². The van der Waals surface area contributed by atoms with Crippen LogP contribution < -0.4 is 5.32 Å². The van der Waals surface area contributed by atoms with Crippen molar-refractivity contribution in [1.82, 2.24) is 10.2 Å². The molecule has 0 aromatic carbocycles. The number of amides is 2. The number of hydrogen-bond donors (Lipinski definition) is 1. The van der Waals surface area contributed by atoms with Gasteiger partial charge in [-0.25, -0.2) is 13.2 Å². The lowest BCUT2D eigenvalue weighted by Gasteiger charge is -2.24. The molecule has 7 heteroatoms. The molecule has 2 heterocycles. The lowest BCUT2D eigenvalue weighted by Crippen LogP contribution is -2.46. The predicted molar refractivity (Wildman–Crippen MR) is 89.2 cm³/mol. The summed E-state index contributed by atoms with van der Waals surface area (Å²) < 4.78 is 29.0. The highest BCUT2D eigenvalue weighted by Gasteiger charge is 2.27. The van der Waals surface area contributed by atoms with Gasteiger partial charge in [0.25, 0.3) is 0 Å². The fourth-order valence-corrected chi connectivity index (χ4v) is 4.46. The van der Waals surface area contributed by atoms with Gasteiger partial charge in [-0.2, -0.15) is 0 Å². The SMILES string of the molecule is Cc1ccc(CC[C@@H](C)NC(=O)N2CCS(=O)(=O)C[C@H](C)C2)o1. The maximum atomic E-state index is 12.3. The second kappa shape index (κ2) is 7.38. The van der Waals surface area contributed by atoms with Gasteiger partial charge in [0.05, 0.1) is 11.5 Å². The van der Waals surface area contributed by atoms with Gasteiger partial charge in [-0.1, -0.05) is 6.92 Å².